The van der Waals surface area contributed by atoms with Crippen molar-refractivity contribution in [3.63, 3.8) is 0 Å². The second kappa shape index (κ2) is 13.2. The predicted octanol–water partition coefficient (Wildman–Crippen LogP) is 3.90. The minimum atomic E-state index is -0.835. The summed E-state index contributed by atoms with van der Waals surface area (Å²) in [5.41, 5.74) is 3.20. The Labute approximate surface area is 252 Å². The Balaban J connectivity index is 1.08. The Bertz CT molecular complexity index is 1530. The van der Waals surface area contributed by atoms with E-state index in [2.05, 4.69) is 69.0 Å². The lowest BCUT2D eigenvalue weighted by Crippen LogP contribution is -2.60. The molecular weight excluding hydrogens is 538 g/mol. The third-order valence-corrected chi connectivity index (χ3v) is 8.46. The van der Waals surface area contributed by atoms with Crippen LogP contribution in [-0.2, 0) is 14.4 Å². The number of benzene rings is 4. The Morgan fingerprint density at radius 2 is 1.40 bits per heavy atom. The molecule has 0 bridgehead atoms. The number of amides is 3. The van der Waals surface area contributed by atoms with Crippen LogP contribution in [0.15, 0.2) is 103 Å². The van der Waals surface area contributed by atoms with Crippen molar-refractivity contribution in [2.24, 2.45) is 0 Å². The number of carbonyl (C=O) groups is 3. The minimum absolute atomic E-state index is 0.0929. The fourth-order valence-electron chi connectivity index (χ4n) is 6.27. The molecule has 8 heteroatoms. The molecule has 4 aromatic rings. The van der Waals surface area contributed by atoms with E-state index in [4.69, 9.17) is 0 Å². The summed E-state index contributed by atoms with van der Waals surface area (Å²) in [7, 11) is 0. The number of anilines is 1. The number of rotatable bonds is 8. The van der Waals surface area contributed by atoms with E-state index in [9.17, 15) is 14.4 Å². The molecule has 4 aromatic carbocycles. The Kier molecular flexibility index (Phi) is 8.77. The molecule has 2 fully saturated rings. The van der Waals surface area contributed by atoms with Gasteiger partial charge in [-0.05, 0) is 22.6 Å². The van der Waals surface area contributed by atoms with Crippen molar-refractivity contribution in [1.82, 2.24) is 20.0 Å². The Morgan fingerprint density at radius 3 is 2.09 bits per heavy atom. The summed E-state index contributed by atoms with van der Waals surface area (Å²) < 4.78 is 0. The van der Waals surface area contributed by atoms with Gasteiger partial charge in [-0.15, -0.1) is 0 Å². The number of nitrogens with zero attached hydrogens (tertiary/aromatic N) is 3. The molecule has 0 aliphatic carbocycles. The van der Waals surface area contributed by atoms with Gasteiger partial charge in [-0.25, -0.2) is 0 Å². The van der Waals surface area contributed by atoms with Gasteiger partial charge < -0.3 is 15.5 Å². The van der Waals surface area contributed by atoms with Gasteiger partial charge in [0.05, 0.1) is 19.0 Å². The molecule has 2 aliphatic rings. The molecule has 0 aromatic heterocycles. The zero-order chi connectivity index (χ0) is 29.6. The van der Waals surface area contributed by atoms with E-state index in [1.165, 1.54) is 11.1 Å². The number of nitrogens with one attached hydrogen (secondary N) is 2. The lowest BCUT2D eigenvalue weighted by molar-refractivity contribution is -0.145. The van der Waals surface area contributed by atoms with Crippen LogP contribution in [0.4, 0.5) is 5.69 Å². The van der Waals surface area contributed by atoms with Gasteiger partial charge in [0.25, 0.3) is 0 Å². The molecule has 2 N–H and O–H groups in total. The molecule has 2 heterocycles. The summed E-state index contributed by atoms with van der Waals surface area (Å²) in [6.07, 6.45) is -0.0929. The number of hydrogen-bond donors (Lipinski definition) is 2. The molecule has 220 valence electrons. The maximum atomic E-state index is 13.6. The van der Waals surface area contributed by atoms with Crippen LogP contribution < -0.4 is 10.6 Å². The predicted molar refractivity (Wildman–Crippen MR) is 168 cm³/mol. The smallest absolute Gasteiger partial charge is 0.243 e. The molecule has 2 aliphatic heterocycles. The molecule has 2 saturated heterocycles. The van der Waals surface area contributed by atoms with E-state index in [0.717, 1.165) is 37.0 Å². The molecule has 1 atom stereocenters. The van der Waals surface area contributed by atoms with Gasteiger partial charge >= 0.3 is 0 Å². The molecule has 43 heavy (non-hydrogen) atoms. The van der Waals surface area contributed by atoms with E-state index >= 15 is 0 Å². The van der Waals surface area contributed by atoms with E-state index in [-0.39, 0.29) is 36.7 Å². The average molecular weight is 576 g/mol. The highest BCUT2D eigenvalue weighted by atomic mass is 16.2. The second-order valence-electron chi connectivity index (χ2n) is 11.2. The maximum Gasteiger partial charge on any atom is 0.243 e. The van der Waals surface area contributed by atoms with Gasteiger partial charge in [0, 0.05) is 50.3 Å². The van der Waals surface area contributed by atoms with Gasteiger partial charge in [-0.3, -0.25) is 24.2 Å². The van der Waals surface area contributed by atoms with E-state index in [1.807, 2.05) is 54.6 Å². The summed E-state index contributed by atoms with van der Waals surface area (Å²) in [6, 6.07) is 33.9. The topological polar surface area (TPSA) is 85.0 Å². The lowest BCUT2D eigenvalue weighted by Gasteiger charge is -2.41. The lowest BCUT2D eigenvalue weighted by atomic mass is 9.96. The molecule has 8 nitrogen and oxygen atoms in total. The highest BCUT2D eigenvalue weighted by molar-refractivity contribution is 6.04. The van der Waals surface area contributed by atoms with E-state index < -0.39 is 6.04 Å². The monoisotopic (exact) mass is 575 g/mol. The first kappa shape index (κ1) is 28.6. The van der Waals surface area contributed by atoms with Crippen LogP contribution in [0.25, 0.3) is 10.8 Å². The number of piperazine rings is 2. The zero-order valence-corrected chi connectivity index (χ0v) is 24.2. The fraction of sp³-hybridized carbons (Fsp3) is 0.286. The highest BCUT2D eigenvalue weighted by Gasteiger charge is 2.36. The van der Waals surface area contributed by atoms with Crippen molar-refractivity contribution in [1.29, 1.82) is 0 Å². The van der Waals surface area contributed by atoms with Gasteiger partial charge in [0.15, 0.2) is 0 Å². The standard InChI is InChI=1S/C35H37N5O3/c41-32(37-30-17-9-15-26-10-7-8-16-29(26)30)24-31-35(43)36-18-19-40(31)33(42)25-38-20-22-39(23-21-38)34(27-11-3-1-4-12-27)28-13-5-2-6-14-28/h1-17,31,34H,18-25H2,(H,36,43)(H,37,41). The third-order valence-electron chi connectivity index (χ3n) is 8.46. The van der Waals surface area contributed by atoms with Crippen LogP contribution in [0, 0.1) is 0 Å². The summed E-state index contributed by atoms with van der Waals surface area (Å²) in [4.78, 5) is 45.8. The van der Waals surface area contributed by atoms with Crippen molar-refractivity contribution < 1.29 is 14.4 Å². The van der Waals surface area contributed by atoms with Crippen molar-refractivity contribution in [3.05, 3.63) is 114 Å². The van der Waals surface area contributed by atoms with Gasteiger partial charge in [-0.2, -0.15) is 0 Å². The first-order valence-corrected chi connectivity index (χ1v) is 15.0. The first-order valence-electron chi connectivity index (χ1n) is 15.0. The SMILES string of the molecule is O=C(CC1C(=O)NCCN1C(=O)CN1CCN(C(c2ccccc2)c2ccccc2)CC1)Nc1cccc2ccccc12. The Morgan fingerprint density at radius 1 is 0.767 bits per heavy atom. The van der Waals surface area contributed by atoms with Crippen LogP contribution in [0.5, 0.6) is 0 Å². The molecule has 6 rings (SSSR count). The van der Waals surface area contributed by atoms with Gasteiger partial charge in [0.1, 0.15) is 6.04 Å². The van der Waals surface area contributed by atoms with Crippen LogP contribution in [0.2, 0.25) is 0 Å². The van der Waals surface area contributed by atoms with Crippen LogP contribution in [-0.4, -0.2) is 84.3 Å². The quantitative estimate of drug-likeness (QED) is 0.333. The summed E-state index contributed by atoms with van der Waals surface area (Å²) in [6.45, 7) is 4.13. The van der Waals surface area contributed by atoms with Crippen molar-refractivity contribution in [3.8, 4) is 0 Å². The summed E-state index contributed by atoms with van der Waals surface area (Å²) in [5, 5.41) is 7.75. The maximum absolute atomic E-state index is 13.6. The highest BCUT2D eigenvalue weighted by Crippen LogP contribution is 2.29. The molecule has 0 saturated carbocycles. The average Bonchev–Trinajstić information content (AvgIpc) is 3.04. The first-order chi connectivity index (χ1) is 21.1. The molecule has 1 unspecified atom stereocenters. The minimum Gasteiger partial charge on any atom is -0.353 e. The largest absolute Gasteiger partial charge is 0.353 e. The summed E-state index contributed by atoms with van der Waals surface area (Å²) in [5.74, 6) is -0.697. The van der Waals surface area contributed by atoms with Gasteiger partial charge in [0.2, 0.25) is 17.7 Å². The molecular formula is C35H37N5O3. The van der Waals surface area contributed by atoms with Crippen molar-refractivity contribution in [2.45, 2.75) is 18.5 Å². The molecule has 3 amide bonds. The van der Waals surface area contributed by atoms with Crippen LogP contribution in [0.1, 0.15) is 23.6 Å². The van der Waals surface area contributed by atoms with Gasteiger partial charge in [-0.1, -0.05) is 97.1 Å². The van der Waals surface area contributed by atoms with Crippen molar-refractivity contribution in [2.75, 3.05) is 51.1 Å². The van der Waals surface area contributed by atoms with Crippen LogP contribution >= 0.6 is 0 Å². The second-order valence-corrected chi connectivity index (χ2v) is 11.2. The number of carbonyl (C=O) groups excluding carboxylic acids is 3. The third kappa shape index (κ3) is 6.61. The van der Waals surface area contributed by atoms with E-state index in [0.29, 0.717) is 18.8 Å². The zero-order valence-electron chi connectivity index (χ0n) is 24.2. The molecule has 0 radical (unpaired) electrons. The fourth-order valence-corrected chi connectivity index (χ4v) is 6.27. The van der Waals surface area contributed by atoms with E-state index in [1.54, 1.807) is 4.90 Å². The molecule has 0 spiro atoms. The Hall–Kier alpha value is -4.53. The summed E-state index contributed by atoms with van der Waals surface area (Å²) >= 11 is 0. The van der Waals surface area contributed by atoms with Crippen molar-refractivity contribution >= 4 is 34.2 Å². The number of fused-ring (bicyclic) bond motifs is 1. The normalized spacial score (nSPS) is 18.0. The number of hydrogen-bond acceptors (Lipinski definition) is 5. The van der Waals surface area contributed by atoms with Crippen LogP contribution in [0.3, 0.4) is 0 Å².